The Hall–Kier alpha value is -2.57. The fourth-order valence-corrected chi connectivity index (χ4v) is 3.83. The molecule has 144 valence electrons. The Bertz CT molecular complexity index is 863. The van der Waals surface area contributed by atoms with Crippen molar-refractivity contribution in [2.24, 2.45) is 0 Å². The van der Waals surface area contributed by atoms with Crippen molar-refractivity contribution in [2.45, 2.75) is 6.42 Å². The SMILES string of the molecule is C=CCN1C(=O)/C(=C/c2ccc(OCCCOc3ccccc3)cc2)SC1=S. The first-order valence-corrected chi connectivity index (χ1v) is 10.2. The molecular weight excluding hydrogens is 390 g/mol. The highest BCUT2D eigenvalue weighted by Crippen LogP contribution is 2.32. The molecule has 0 N–H and O–H groups in total. The molecule has 0 atom stereocenters. The molecule has 1 saturated heterocycles. The first-order chi connectivity index (χ1) is 13.7. The summed E-state index contributed by atoms with van der Waals surface area (Å²) in [6, 6.07) is 17.4. The number of hydrogen-bond acceptors (Lipinski definition) is 5. The molecule has 0 aliphatic carbocycles. The van der Waals surface area contributed by atoms with Gasteiger partial charge in [-0.05, 0) is 35.9 Å². The summed E-state index contributed by atoms with van der Waals surface area (Å²) < 4.78 is 11.9. The predicted molar refractivity (Wildman–Crippen MR) is 119 cm³/mol. The van der Waals surface area contributed by atoms with Crippen LogP contribution in [-0.2, 0) is 4.79 Å². The van der Waals surface area contributed by atoms with Crippen molar-refractivity contribution >= 4 is 40.3 Å². The molecule has 2 aromatic carbocycles. The third-order valence-corrected chi connectivity index (χ3v) is 5.31. The van der Waals surface area contributed by atoms with Crippen LogP contribution in [0.2, 0.25) is 0 Å². The average Bonchev–Trinajstić information content (AvgIpc) is 2.97. The summed E-state index contributed by atoms with van der Waals surface area (Å²) in [6.07, 6.45) is 4.31. The molecule has 1 aliphatic rings. The first kappa shape index (κ1) is 20.2. The maximum Gasteiger partial charge on any atom is 0.266 e. The molecular formula is C22H21NO3S2. The highest BCUT2D eigenvalue weighted by atomic mass is 32.2. The van der Waals surface area contributed by atoms with Crippen LogP contribution >= 0.6 is 24.0 Å². The van der Waals surface area contributed by atoms with E-state index in [4.69, 9.17) is 21.7 Å². The summed E-state index contributed by atoms with van der Waals surface area (Å²) in [6.45, 7) is 5.27. The minimum absolute atomic E-state index is 0.0753. The molecule has 0 unspecified atom stereocenters. The Morgan fingerprint density at radius 3 is 2.29 bits per heavy atom. The number of rotatable bonds is 9. The Kier molecular flexibility index (Phi) is 7.28. The number of ether oxygens (including phenoxy) is 2. The number of thioether (sulfide) groups is 1. The normalized spacial score (nSPS) is 15.1. The van der Waals surface area contributed by atoms with Crippen LogP contribution in [0.3, 0.4) is 0 Å². The van der Waals surface area contributed by atoms with E-state index >= 15 is 0 Å². The third-order valence-electron chi connectivity index (χ3n) is 3.93. The molecule has 6 heteroatoms. The lowest BCUT2D eigenvalue weighted by Crippen LogP contribution is -2.27. The van der Waals surface area contributed by atoms with E-state index in [1.165, 1.54) is 11.8 Å². The van der Waals surface area contributed by atoms with Gasteiger partial charge in [0.15, 0.2) is 0 Å². The molecule has 0 saturated carbocycles. The van der Waals surface area contributed by atoms with Crippen LogP contribution < -0.4 is 9.47 Å². The molecule has 28 heavy (non-hydrogen) atoms. The number of hydrogen-bond donors (Lipinski definition) is 0. The molecule has 0 aromatic heterocycles. The lowest BCUT2D eigenvalue weighted by atomic mass is 10.2. The summed E-state index contributed by atoms with van der Waals surface area (Å²) in [5, 5.41) is 0. The van der Waals surface area contributed by atoms with Gasteiger partial charge in [-0.2, -0.15) is 0 Å². The fourth-order valence-electron chi connectivity index (χ4n) is 2.55. The van der Waals surface area contributed by atoms with Gasteiger partial charge in [0.25, 0.3) is 5.91 Å². The van der Waals surface area contributed by atoms with Crippen LogP contribution in [0, 0.1) is 0 Å². The Balaban J connectivity index is 1.46. The minimum Gasteiger partial charge on any atom is -0.493 e. The highest BCUT2D eigenvalue weighted by Gasteiger charge is 2.30. The van der Waals surface area contributed by atoms with E-state index in [-0.39, 0.29) is 5.91 Å². The molecule has 1 aliphatic heterocycles. The summed E-state index contributed by atoms with van der Waals surface area (Å²) in [4.78, 5) is 14.5. The highest BCUT2D eigenvalue weighted by molar-refractivity contribution is 8.26. The van der Waals surface area contributed by atoms with Gasteiger partial charge in [0.2, 0.25) is 0 Å². The smallest absolute Gasteiger partial charge is 0.266 e. The van der Waals surface area contributed by atoms with Gasteiger partial charge < -0.3 is 9.47 Å². The van der Waals surface area contributed by atoms with E-state index < -0.39 is 0 Å². The minimum atomic E-state index is -0.0753. The van der Waals surface area contributed by atoms with Gasteiger partial charge >= 0.3 is 0 Å². The topological polar surface area (TPSA) is 38.8 Å². The van der Waals surface area contributed by atoms with Gasteiger partial charge in [-0.3, -0.25) is 9.69 Å². The van der Waals surface area contributed by atoms with Gasteiger partial charge in [-0.1, -0.05) is 60.4 Å². The summed E-state index contributed by atoms with van der Waals surface area (Å²) >= 11 is 6.56. The molecule has 1 fully saturated rings. The van der Waals surface area contributed by atoms with Gasteiger partial charge in [0, 0.05) is 13.0 Å². The van der Waals surface area contributed by atoms with Crippen molar-refractivity contribution in [3.63, 3.8) is 0 Å². The van der Waals surface area contributed by atoms with Crippen molar-refractivity contribution < 1.29 is 14.3 Å². The first-order valence-electron chi connectivity index (χ1n) is 8.94. The number of carbonyl (C=O) groups excluding carboxylic acids is 1. The standard InChI is InChI=1S/C22H21NO3S2/c1-2-13-23-21(24)20(28-22(23)27)16-17-9-11-19(12-10-17)26-15-6-14-25-18-7-4-3-5-8-18/h2-5,7-12,16H,1,6,13-15H2/b20-16-. The maximum atomic E-state index is 12.3. The fraction of sp³-hybridized carbons (Fsp3) is 0.182. The van der Waals surface area contributed by atoms with Crippen LogP contribution in [0.1, 0.15) is 12.0 Å². The number of benzene rings is 2. The second-order valence-corrected chi connectivity index (χ2v) is 7.69. The molecule has 4 nitrogen and oxygen atoms in total. The quantitative estimate of drug-likeness (QED) is 0.253. The van der Waals surface area contributed by atoms with Crippen LogP contribution in [0.4, 0.5) is 0 Å². The van der Waals surface area contributed by atoms with Crippen molar-refractivity contribution in [1.82, 2.24) is 4.90 Å². The lowest BCUT2D eigenvalue weighted by Gasteiger charge is -2.10. The number of nitrogens with zero attached hydrogens (tertiary/aromatic N) is 1. The zero-order valence-electron chi connectivity index (χ0n) is 15.4. The number of amides is 1. The molecule has 0 bridgehead atoms. The van der Waals surface area contributed by atoms with E-state index in [2.05, 4.69) is 6.58 Å². The van der Waals surface area contributed by atoms with Gasteiger partial charge in [-0.25, -0.2) is 0 Å². The zero-order chi connectivity index (χ0) is 19.8. The summed E-state index contributed by atoms with van der Waals surface area (Å²) in [5.74, 6) is 1.58. The average molecular weight is 412 g/mol. The van der Waals surface area contributed by atoms with Crippen molar-refractivity contribution in [1.29, 1.82) is 0 Å². The second-order valence-electron chi connectivity index (χ2n) is 6.01. The number of carbonyl (C=O) groups is 1. The number of thiocarbonyl (C=S) groups is 1. The summed E-state index contributed by atoms with van der Waals surface area (Å²) in [5.41, 5.74) is 0.930. The molecule has 1 heterocycles. The lowest BCUT2D eigenvalue weighted by molar-refractivity contribution is -0.121. The van der Waals surface area contributed by atoms with Crippen LogP contribution in [0.5, 0.6) is 11.5 Å². The molecule has 0 spiro atoms. The van der Waals surface area contributed by atoms with Crippen LogP contribution in [0.25, 0.3) is 6.08 Å². The maximum absolute atomic E-state index is 12.3. The van der Waals surface area contributed by atoms with E-state index in [1.807, 2.05) is 60.7 Å². The molecule has 3 rings (SSSR count). The van der Waals surface area contributed by atoms with E-state index in [0.717, 1.165) is 23.5 Å². The molecule has 1 amide bonds. The Morgan fingerprint density at radius 2 is 1.64 bits per heavy atom. The van der Waals surface area contributed by atoms with Crippen LogP contribution in [0.15, 0.2) is 72.2 Å². The molecule has 0 radical (unpaired) electrons. The predicted octanol–water partition coefficient (Wildman–Crippen LogP) is 4.92. The van der Waals surface area contributed by atoms with E-state index in [0.29, 0.717) is 29.0 Å². The second kappa shape index (κ2) is 10.1. The third kappa shape index (κ3) is 5.47. The monoisotopic (exact) mass is 411 g/mol. The number of para-hydroxylation sites is 1. The van der Waals surface area contributed by atoms with E-state index in [9.17, 15) is 4.79 Å². The zero-order valence-corrected chi connectivity index (χ0v) is 17.0. The molecule has 2 aromatic rings. The summed E-state index contributed by atoms with van der Waals surface area (Å²) in [7, 11) is 0. The van der Waals surface area contributed by atoms with Crippen molar-refractivity contribution in [3.8, 4) is 11.5 Å². The van der Waals surface area contributed by atoms with Gasteiger partial charge in [-0.15, -0.1) is 6.58 Å². The van der Waals surface area contributed by atoms with E-state index in [1.54, 1.807) is 11.0 Å². The van der Waals surface area contributed by atoms with Crippen molar-refractivity contribution in [3.05, 3.63) is 77.7 Å². The Morgan fingerprint density at radius 1 is 1.00 bits per heavy atom. The van der Waals surface area contributed by atoms with Gasteiger partial charge in [0.1, 0.15) is 15.8 Å². The van der Waals surface area contributed by atoms with Crippen molar-refractivity contribution in [2.75, 3.05) is 19.8 Å². The Labute approximate surface area is 174 Å². The van der Waals surface area contributed by atoms with Gasteiger partial charge in [0.05, 0.1) is 18.1 Å². The van der Waals surface area contributed by atoms with Crippen LogP contribution in [-0.4, -0.2) is 34.9 Å². The largest absolute Gasteiger partial charge is 0.493 e.